The van der Waals surface area contributed by atoms with E-state index in [1.54, 1.807) is 0 Å². The zero-order valence-corrected chi connectivity index (χ0v) is 11.6. The van der Waals surface area contributed by atoms with Crippen LogP contribution in [0.5, 0.6) is 0 Å². The van der Waals surface area contributed by atoms with E-state index in [2.05, 4.69) is 22.5 Å². The first-order valence-corrected chi connectivity index (χ1v) is 7.25. The van der Waals surface area contributed by atoms with Gasteiger partial charge in [0.2, 0.25) is 0 Å². The highest BCUT2D eigenvalue weighted by Gasteiger charge is 2.14. The fraction of sp³-hybridized carbons (Fsp3) is 0.533. The van der Waals surface area contributed by atoms with Crippen LogP contribution in [-0.4, -0.2) is 34.1 Å². The molecular weight excluding hydrogens is 236 g/mol. The Bertz CT molecular complexity index is 567. The van der Waals surface area contributed by atoms with Crippen LogP contribution in [0.4, 0.5) is 5.69 Å². The lowest BCUT2D eigenvalue weighted by Crippen LogP contribution is -2.24. The molecule has 1 saturated heterocycles. The van der Waals surface area contributed by atoms with E-state index < -0.39 is 0 Å². The molecule has 0 amide bonds. The molecule has 1 aliphatic rings. The van der Waals surface area contributed by atoms with Gasteiger partial charge in [-0.15, -0.1) is 0 Å². The van der Waals surface area contributed by atoms with E-state index >= 15 is 0 Å². The van der Waals surface area contributed by atoms with Crippen LogP contribution in [0.2, 0.25) is 0 Å². The van der Waals surface area contributed by atoms with Gasteiger partial charge in [-0.1, -0.05) is 6.92 Å². The molecule has 2 N–H and O–H groups in total. The van der Waals surface area contributed by atoms with E-state index in [-0.39, 0.29) is 0 Å². The third kappa shape index (κ3) is 2.45. The number of aryl methyl sites for hydroxylation is 1. The maximum atomic E-state index is 5.84. The normalized spacial score (nSPS) is 16.5. The minimum absolute atomic E-state index is 0.791. The van der Waals surface area contributed by atoms with Crippen LogP contribution in [0.15, 0.2) is 18.2 Å². The van der Waals surface area contributed by atoms with Gasteiger partial charge in [0.05, 0.1) is 11.0 Å². The van der Waals surface area contributed by atoms with Gasteiger partial charge in [0.15, 0.2) is 0 Å². The summed E-state index contributed by atoms with van der Waals surface area (Å²) in [6.45, 7) is 6.82. The second-order valence-corrected chi connectivity index (χ2v) is 5.33. The van der Waals surface area contributed by atoms with Crippen molar-refractivity contribution < 1.29 is 0 Å². The number of likely N-dealkylation sites (tertiary alicyclic amines) is 1. The predicted molar refractivity (Wildman–Crippen MR) is 79.2 cm³/mol. The number of anilines is 1. The SMILES string of the molecule is CCc1nc2cc(N)ccc2n1CCN1CCCC1. The van der Waals surface area contributed by atoms with Gasteiger partial charge in [-0.05, 0) is 44.1 Å². The molecule has 3 rings (SSSR count). The van der Waals surface area contributed by atoms with E-state index in [9.17, 15) is 0 Å². The van der Waals surface area contributed by atoms with Crippen LogP contribution in [-0.2, 0) is 13.0 Å². The maximum Gasteiger partial charge on any atom is 0.109 e. The van der Waals surface area contributed by atoms with Crippen LogP contribution >= 0.6 is 0 Å². The standard InChI is InChI=1S/C15H22N4/c1-2-15-17-13-11-12(16)5-6-14(13)19(15)10-9-18-7-3-4-8-18/h5-6,11H,2-4,7-10,16H2,1H3. The Morgan fingerprint density at radius 3 is 2.74 bits per heavy atom. The molecule has 4 nitrogen and oxygen atoms in total. The number of rotatable bonds is 4. The Labute approximate surface area is 114 Å². The topological polar surface area (TPSA) is 47.1 Å². The largest absolute Gasteiger partial charge is 0.399 e. The highest BCUT2D eigenvalue weighted by Crippen LogP contribution is 2.20. The minimum atomic E-state index is 0.791. The van der Waals surface area contributed by atoms with E-state index in [0.717, 1.165) is 30.7 Å². The fourth-order valence-electron chi connectivity index (χ4n) is 2.96. The molecule has 0 aliphatic carbocycles. The van der Waals surface area contributed by atoms with Crippen molar-refractivity contribution >= 4 is 16.7 Å². The number of hydrogen-bond donors (Lipinski definition) is 1. The second kappa shape index (κ2) is 5.21. The van der Waals surface area contributed by atoms with Crippen LogP contribution in [0, 0.1) is 0 Å². The van der Waals surface area contributed by atoms with Crippen molar-refractivity contribution in [2.75, 3.05) is 25.4 Å². The number of fused-ring (bicyclic) bond motifs is 1. The average Bonchev–Trinajstić information content (AvgIpc) is 3.02. The van der Waals surface area contributed by atoms with Crippen molar-refractivity contribution in [3.63, 3.8) is 0 Å². The Morgan fingerprint density at radius 2 is 2.00 bits per heavy atom. The maximum absolute atomic E-state index is 5.84. The molecule has 19 heavy (non-hydrogen) atoms. The van der Waals surface area contributed by atoms with Gasteiger partial charge in [0, 0.05) is 25.2 Å². The first kappa shape index (κ1) is 12.5. The summed E-state index contributed by atoms with van der Waals surface area (Å²) in [7, 11) is 0. The summed E-state index contributed by atoms with van der Waals surface area (Å²) < 4.78 is 2.35. The molecule has 0 saturated carbocycles. The molecular formula is C15H22N4. The Balaban J connectivity index is 1.87. The van der Waals surface area contributed by atoms with E-state index in [0.29, 0.717) is 0 Å². The molecule has 0 atom stereocenters. The van der Waals surface area contributed by atoms with Crippen LogP contribution in [0.3, 0.4) is 0 Å². The highest BCUT2D eigenvalue weighted by molar-refractivity contribution is 5.79. The van der Waals surface area contributed by atoms with Crippen molar-refractivity contribution in [1.29, 1.82) is 0 Å². The minimum Gasteiger partial charge on any atom is -0.399 e. The summed E-state index contributed by atoms with van der Waals surface area (Å²) in [6, 6.07) is 6.04. The number of nitrogen functional groups attached to an aromatic ring is 1. The van der Waals surface area contributed by atoms with E-state index in [4.69, 9.17) is 10.7 Å². The first-order valence-electron chi connectivity index (χ1n) is 7.25. The number of nitrogens with two attached hydrogens (primary N) is 1. The summed E-state index contributed by atoms with van der Waals surface area (Å²) in [5.41, 5.74) is 8.87. The van der Waals surface area contributed by atoms with Crippen molar-refractivity contribution in [2.45, 2.75) is 32.7 Å². The average molecular weight is 258 g/mol. The molecule has 1 fully saturated rings. The predicted octanol–water partition coefficient (Wildman–Crippen LogP) is 2.28. The number of nitrogens with zero attached hydrogens (tertiary/aromatic N) is 3. The quantitative estimate of drug-likeness (QED) is 0.856. The van der Waals surface area contributed by atoms with E-state index in [1.165, 1.54) is 37.3 Å². The third-order valence-corrected chi connectivity index (χ3v) is 4.01. The molecule has 0 radical (unpaired) electrons. The monoisotopic (exact) mass is 258 g/mol. The van der Waals surface area contributed by atoms with Crippen molar-refractivity contribution in [3.05, 3.63) is 24.0 Å². The summed E-state index contributed by atoms with van der Waals surface area (Å²) in [6.07, 6.45) is 3.66. The Morgan fingerprint density at radius 1 is 1.21 bits per heavy atom. The van der Waals surface area contributed by atoms with Crippen molar-refractivity contribution in [2.24, 2.45) is 0 Å². The van der Waals surface area contributed by atoms with Gasteiger partial charge >= 0.3 is 0 Å². The number of imidazole rings is 1. The lowest BCUT2D eigenvalue weighted by atomic mass is 10.3. The van der Waals surface area contributed by atoms with Gasteiger partial charge in [0.25, 0.3) is 0 Å². The number of benzene rings is 1. The molecule has 0 spiro atoms. The van der Waals surface area contributed by atoms with Gasteiger partial charge in [-0.25, -0.2) is 4.98 Å². The first-order chi connectivity index (χ1) is 9.28. The highest BCUT2D eigenvalue weighted by atomic mass is 15.2. The third-order valence-electron chi connectivity index (χ3n) is 4.01. The Kier molecular flexibility index (Phi) is 3.42. The molecule has 102 valence electrons. The summed E-state index contributed by atoms with van der Waals surface area (Å²) in [5, 5.41) is 0. The van der Waals surface area contributed by atoms with Gasteiger partial charge in [-0.2, -0.15) is 0 Å². The molecule has 1 aromatic carbocycles. The molecule has 4 heteroatoms. The van der Waals surface area contributed by atoms with Crippen LogP contribution in [0.1, 0.15) is 25.6 Å². The number of hydrogen-bond acceptors (Lipinski definition) is 3. The molecule has 0 bridgehead atoms. The van der Waals surface area contributed by atoms with E-state index in [1.807, 2.05) is 12.1 Å². The van der Waals surface area contributed by atoms with Gasteiger partial charge in [0.1, 0.15) is 5.82 Å². The van der Waals surface area contributed by atoms with Gasteiger partial charge < -0.3 is 15.2 Å². The van der Waals surface area contributed by atoms with Crippen molar-refractivity contribution in [3.8, 4) is 0 Å². The summed E-state index contributed by atoms with van der Waals surface area (Å²) in [4.78, 5) is 7.25. The summed E-state index contributed by atoms with van der Waals surface area (Å²) >= 11 is 0. The number of aromatic nitrogens is 2. The lowest BCUT2D eigenvalue weighted by Gasteiger charge is -2.16. The molecule has 1 aromatic heterocycles. The molecule has 0 unspecified atom stereocenters. The van der Waals surface area contributed by atoms with Crippen LogP contribution in [0.25, 0.3) is 11.0 Å². The zero-order valence-electron chi connectivity index (χ0n) is 11.6. The lowest BCUT2D eigenvalue weighted by molar-refractivity contribution is 0.322. The Hall–Kier alpha value is -1.55. The fourth-order valence-corrected chi connectivity index (χ4v) is 2.96. The van der Waals surface area contributed by atoms with Crippen molar-refractivity contribution in [1.82, 2.24) is 14.5 Å². The summed E-state index contributed by atoms with van der Waals surface area (Å²) in [5.74, 6) is 1.17. The molecule has 2 aromatic rings. The van der Waals surface area contributed by atoms with Crippen LogP contribution < -0.4 is 5.73 Å². The smallest absolute Gasteiger partial charge is 0.109 e. The zero-order chi connectivity index (χ0) is 13.2. The second-order valence-electron chi connectivity index (χ2n) is 5.33. The molecule has 2 heterocycles. The molecule has 1 aliphatic heterocycles. The van der Waals surface area contributed by atoms with Gasteiger partial charge in [-0.3, -0.25) is 0 Å².